The molecule has 0 saturated heterocycles. The predicted molar refractivity (Wildman–Crippen MR) is 64.0 cm³/mol. The maximum absolute atomic E-state index is 8.70. The lowest BCUT2D eigenvalue weighted by Crippen LogP contribution is -2.26. The quantitative estimate of drug-likeness (QED) is 0.708. The van der Waals surface area contributed by atoms with E-state index in [-0.39, 0.29) is 25.0 Å². The first kappa shape index (κ1) is 13.5. The Morgan fingerprint density at radius 3 is 2.39 bits per heavy atom. The van der Waals surface area contributed by atoms with Crippen LogP contribution in [-0.4, -0.2) is 41.7 Å². The van der Waals surface area contributed by atoms with Gasteiger partial charge in [0.1, 0.15) is 13.1 Å². The second-order valence-corrected chi connectivity index (χ2v) is 3.10. The van der Waals surface area contributed by atoms with Gasteiger partial charge < -0.3 is 15.0 Å². The topological polar surface area (TPSA) is 111 Å². The molecule has 1 aromatic heterocycles. The lowest BCUT2D eigenvalue weighted by molar-refractivity contribution is 0.312. The van der Waals surface area contributed by atoms with E-state index in [9.17, 15) is 0 Å². The highest BCUT2D eigenvalue weighted by atomic mass is 16.5. The summed E-state index contributed by atoms with van der Waals surface area (Å²) in [6.07, 6.45) is 0. The number of aromatic nitrogens is 3. The zero-order valence-electron chi connectivity index (χ0n) is 10.2. The molecule has 0 aliphatic rings. The van der Waals surface area contributed by atoms with Crippen LogP contribution in [0.5, 0.6) is 6.01 Å². The van der Waals surface area contributed by atoms with Gasteiger partial charge in [-0.15, -0.1) is 0 Å². The summed E-state index contributed by atoms with van der Waals surface area (Å²) in [6.45, 7) is 2.27. The van der Waals surface area contributed by atoms with Gasteiger partial charge in [0, 0.05) is 7.05 Å². The van der Waals surface area contributed by atoms with Crippen LogP contribution in [-0.2, 0) is 0 Å². The molecule has 1 heterocycles. The van der Waals surface area contributed by atoms with Crippen LogP contribution in [0.15, 0.2) is 0 Å². The first-order valence-corrected chi connectivity index (χ1v) is 5.30. The van der Waals surface area contributed by atoms with Gasteiger partial charge in [-0.05, 0) is 6.92 Å². The fourth-order valence-electron chi connectivity index (χ4n) is 1.16. The number of nitriles is 2. The Morgan fingerprint density at radius 1 is 1.22 bits per heavy atom. The summed E-state index contributed by atoms with van der Waals surface area (Å²) in [7, 11) is 1.66. The Labute approximate surface area is 105 Å². The van der Waals surface area contributed by atoms with Crippen molar-refractivity contribution >= 4 is 11.9 Å². The van der Waals surface area contributed by atoms with Crippen LogP contribution in [0.3, 0.4) is 0 Å². The van der Waals surface area contributed by atoms with Gasteiger partial charge in [-0.25, -0.2) is 0 Å². The number of ether oxygens (including phenoxy) is 1. The molecule has 0 aliphatic heterocycles. The van der Waals surface area contributed by atoms with Gasteiger partial charge in [-0.1, -0.05) is 0 Å². The molecular weight excluding hydrogens is 234 g/mol. The van der Waals surface area contributed by atoms with Gasteiger partial charge in [-0.2, -0.15) is 25.5 Å². The van der Waals surface area contributed by atoms with Gasteiger partial charge in [0.05, 0.1) is 18.7 Å². The Kier molecular flexibility index (Phi) is 5.13. The summed E-state index contributed by atoms with van der Waals surface area (Å²) < 4.78 is 5.20. The Hall–Kier alpha value is -2.61. The largest absolute Gasteiger partial charge is 0.464 e. The molecule has 18 heavy (non-hydrogen) atoms. The molecule has 0 amide bonds. The number of rotatable bonds is 6. The van der Waals surface area contributed by atoms with Crippen molar-refractivity contribution in [1.82, 2.24) is 15.0 Å². The normalized spacial score (nSPS) is 9.11. The van der Waals surface area contributed by atoms with Crippen molar-refractivity contribution in [3.63, 3.8) is 0 Å². The van der Waals surface area contributed by atoms with Crippen molar-refractivity contribution in [2.24, 2.45) is 0 Å². The molecule has 0 atom stereocenters. The Morgan fingerprint density at radius 2 is 1.89 bits per heavy atom. The van der Waals surface area contributed by atoms with Gasteiger partial charge in [0.25, 0.3) is 0 Å². The maximum atomic E-state index is 8.70. The van der Waals surface area contributed by atoms with Crippen LogP contribution >= 0.6 is 0 Å². The zero-order valence-corrected chi connectivity index (χ0v) is 10.2. The average Bonchev–Trinajstić information content (AvgIpc) is 2.38. The van der Waals surface area contributed by atoms with E-state index in [0.717, 1.165) is 0 Å². The van der Waals surface area contributed by atoms with Crippen molar-refractivity contribution in [2.45, 2.75) is 6.92 Å². The smallest absolute Gasteiger partial charge is 0.323 e. The molecule has 1 aromatic rings. The third kappa shape index (κ3) is 3.46. The van der Waals surface area contributed by atoms with Crippen LogP contribution in [0, 0.1) is 22.7 Å². The molecule has 0 unspecified atom stereocenters. The molecule has 0 fully saturated rings. The van der Waals surface area contributed by atoms with Crippen LogP contribution in [0.1, 0.15) is 6.92 Å². The van der Waals surface area contributed by atoms with E-state index in [1.165, 1.54) is 4.90 Å². The van der Waals surface area contributed by atoms with Crippen molar-refractivity contribution in [2.75, 3.05) is 37.0 Å². The molecule has 8 heteroatoms. The lowest BCUT2D eigenvalue weighted by atomic mass is 10.5. The Bertz CT molecular complexity index is 460. The van der Waals surface area contributed by atoms with E-state index in [2.05, 4.69) is 20.3 Å². The number of nitrogens with zero attached hydrogens (tertiary/aromatic N) is 6. The average molecular weight is 247 g/mol. The number of hydrogen-bond acceptors (Lipinski definition) is 8. The molecule has 0 saturated carbocycles. The third-order valence-corrected chi connectivity index (χ3v) is 1.91. The van der Waals surface area contributed by atoms with Crippen molar-refractivity contribution in [3.05, 3.63) is 0 Å². The summed E-state index contributed by atoms with van der Waals surface area (Å²) >= 11 is 0. The summed E-state index contributed by atoms with van der Waals surface area (Å²) in [5, 5.41) is 20.2. The highest BCUT2D eigenvalue weighted by Gasteiger charge is 2.13. The van der Waals surface area contributed by atoms with Gasteiger partial charge in [0.2, 0.25) is 11.9 Å². The molecule has 0 radical (unpaired) electrons. The van der Waals surface area contributed by atoms with E-state index in [1.54, 1.807) is 7.05 Å². The molecule has 94 valence electrons. The van der Waals surface area contributed by atoms with E-state index < -0.39 is 0 Å². The molecule has 0 aromatic carbocycles. The maximum Gasteiger partial charge on any atom is 0.323 e. The fourth-order valence-corrected chi connectivity index (χ4v) is 1.16. The molecule has 1 N–H and O–H groups in total. The van der Waals surface area contributed by atoms with Crippen LogP contribution in [0.25, 0.3) is 0 Å². The minimum absolute atomic E-state index is 0.0201. The van der Waals surface area contributed by atoms with Crippen molar-refractivity contribution in [3.8, 4) is 18.1 Å². The second kappa shape index (κ2) is 6.86. The summed E-state index contributed by atoms with van der Waals surface area (Å²) in [5.74, 6) is 0.560. The highest BCUT2D eigenvalue weighted by Crippen LogP contribution is 2.14. The number of anilines is 2. The van der Waals surface area contributed by atoms with Gasteiger partial charge >= 0.3 is 6.01 Å². The molecule has 0 bridgehead atoms. The van der Waals surface area contributed by atoms with Crippen LogP contribution in [0.2, 0.25) is 0 Å². The van der Waals surface area contributed by atoms with Crippen LogP contribution < -0.4 is 15.0 Å². The minimum atomic E-state index is 0.0201. The van der Waals surface area contributed by atoms with Crippen molar-refractivity contribution in [1.29, 1.82) is 10.5 Å². The first-order chi connectivity index (χ1) is 8.74. The van der Waals surface area contributed by atoms with Gasteiger partial charge in [-0.3, -0.25) is 0 Å². The predicted octanol–water partition coefficient (Wildman–Crippen LogP) is 0.166. The second-order valence-electron chi connectivity index (χ2n) is 3.10. The number of hydrogen-bond donors (Lipinski definition) is 1. The SMILES string of the molecule is CCOc1nc(NC)nc(N(CC#N)CC#N)n1. The third-order valence-electron chi connectivity index (χ3n) is 1.91. The highest BCUT2D eigenvalue weighted by molar-refractivity contribution is 5.39. The lowest BCUT2D eigenvalue weighted by Gasteiger charge is -2.16. The summed E-state index contributed by atoms with van der Waals surface area (Å²) in [5.41, 5.74) is 0. The van der Waals surface area contributed by atoms with Crippen molar-refractivity contribution < 1.29 is 4.74 Å². The Balaban J connectivity index is 3.08. The molecule has 0 spiro atoms. The van der Waals surface area contributed by atoms with E-state index in [0.29, 0.717) is 12.6 Å². The minimum Gasteiger partial charge on any atom is -0.464 e. The first-order valence-electron chi connectivity index (χ1n) is 5.30. The molecule has 0 aliphatic carbocycles. The van der Waals surface area contributed by atoms with E-state index in [1.807, 2.05) is 19.1 Å². The molecular formula is C10H13N7O. The number of nitrogens with one attached hydrogen (secondary N) is 1. The van der Waals surface area contributed by atoms with Crippen LogP contribution in [0.4, 0.5) is 11.9 Å². The molecule has 1 rings (SSSR count). The van der Waals surface area contributed by atoms with E-state index >= 15 is 0 Å². The fraction of sp³-hybridized carbons (Fsp3) is 0.500. The monoisotopic (exact) mass is 247 g/mol. The van der Waals surface area contributed by atoms with E-state index in [4.69, 9.17) is 15.3 Å². The standard InChI is InChI=1S/C10H13N7O/c1-3-18-10-15-8(13-2)14-9(16-10)17(6-4-11)7-5-12/h3,6-7H2,1-2H3,(H,13,14,15,16). The summed E-state index contributed by atoms with van der Waals surface area (Å²) in [4.78, 5) is 13.6. The zero-order chi connectivity index (χ0) is 13.4. The molecule has 8 nitrogen and oxygen atoms in total. The van der Waals surface area contributed by atoms with Gasteiger partial charge in [0.15, 0.2) is 0 Å². The summed E-state index contributed by atoms with van der Waals surface area (Å²) in [6, 6.07) is 4.07.